The lowest BCUT2D eigenvalue weighted by Gasteiger charge is -2.08. The van der Waals surface area contributed by atoms with Gasteiger partial charge in [-0.3, -0.25) is 4.79 Å². The molecule has 3 heteroatoms. The average molecular weight is 222 g/mol. The van der Waals surface area contributed by atoms with Gasteiger partial charge in [-0.2, -0.15) is 0 Å². The number of Topliss-reactive ketones (excluding diaryl/α,β-unsaturated/α-hetero) is 1. The Morgan fingerprint density at radius 1 is 1.25 bits per heavy atom. The Balaban J connectivity index is 2.46. The van der Waals surface area contributed by atoms with Gasteiger partial charge in [-0.05, 0) is 25.5 Å². The van der Waals surface area contributed by atoms with Crippen LogP contribution in [0.1, 0.15) is 26.7 Å². The van der Waals surface area contributed by atoms with Gasteiger partial charge in [0.2, 0.25) is 0 Å². The van der Waals surface area contributed by atoms with E-state index >= 15 is 0 Å². The zero-order valence-corrected chi connectivity index (χ0v) is 9.86. The first-order valence-electron chi connectivity index (χ1n) is 5.57. The summed E-state index contributed by atoms with van der Waals surface area (Å²) in [6, 6.07) is 7.36. The quantitative estimate of drug-likeness (QED) is 0.665. The summed E-state index contributed by atoms with van der Waals surface area (Å²) in [6.45, 7) is 4.45. The van der Waals surface area contributed by atoms with Crippen molar-refractivity contribution >= 4 is 5.78 Å². The summed E-state index contributed by atoms with van der Waals surface area (Å²) >= 11 is 0. The minimum atomic E-state index is 0.0114. The summed E-state index contributed by atoms with van der Waals surface area (Å²) in [5, 5.41) is 0. The van der Waals surface area contributed by atoms with Crippen LogP contribution in [-0.2, 0) is 4.79 Å². The summed E-state index contributed by atoms with van der Waals surface area (Å²) in [5.41, 5.74) is 0. The summed E-state index contributed by atoms with van der Waals surface area (Å²) in [5.74, 6) is 1.47. The van der Waals surface area contributed by atoms with Crippen LogP contribution in [0.25, 0.3) is 0 Å². The Hall–Kier alpha value is -1.51. The zero-order chi connectivity index (χ0) is 11.8. The molecule has 0 amide bonds. The van der Waals surface area contributed by atoms with Crippen molar-refractivity contribution in [3.63, 3.8) is 0 Å². The van der Waals surface area contributed by atoms with Gasteiger partial charge in [0.05, 0.1) is 6.61 Å². The molecule has 88 valence electrons. The van der Waals surface area contributed by atoms with Gasteiger partial charge in [0.1, 0.15) is 18.1 Å². The zero-order valence-electron chi connectivity index (χ0n) is 9.86. The van der Waals surface area contributed by atoms with Crippen molar-refractivity contribution < 1.29 is 14.3 Å². The fraction of sp³-hybridized carbons (Fsp3) is 0.462. The van der Waals surface area contributed by atoms with Gasteiger partial charge >= 0.3 is 0 Å². The van der Waals surface area contributed by atoms with Gasteiger partial charge < -0.3 is 9.47 Å². The first-order chi connectivity index (χ1) is 7.72. The standard InChI is InChI=1S/C13H18O3/c1-3-4-8-15-12-6-5-7-13(9-12)16-10-11(2)14/h5-7,9H,3-4,8,10H2,1-2H3. The van der Waals surface area contributed by atoms with Crippen molar-refractivity contribution in [1.29, 1.82) is 0 Å². The average Bonchev–Trinajstić information content (AvgIpc) is 2.27. The number of carbonyl (C=O) groups excluding carboxylic acids is 1. The van der Waals surface area contributed by atoms with E-state index in [1.807, 2.05) is 18.2 Å². The fourth-order valence-electron chi connectivity index (χ4n) is 1.17. The Morgan fingerprint density at radius 3 is 2.56 bits per heavy atom. The molecule has 0 aliphatic carbocycles. The Bertz CT molecular complexity index is 334. The van der Waals surface area contributed by atoms with Crippen LogP contribution in [0.3, 0.4) is 0 Å². The molecule has 0 saturated heterocycles. The van der Waals surface area contributed by atoms with E-state index in [0.717, 1.165) is 18.6 Å². The molecule has 0 radical (unpaired) electrons. The van der Waals surface area contributed by atoms with E-state index in [-0.39, 0.29) is 12.4 Å². The number of ether oxygens (including phenoxy) is 2. The van der Waals surface area contributed by atoms with Crippen LogP contribution in [0.4, 0.5) is 0 Å². The number of hydrogen-bond donors (Lipinski definition) is 0. The third-order valence-corrected chi connectivity index (χ3v) is 2.01. The summed E-state index contributed by atoms with van der Waals surface area (Å²) < 4.78 is 10.8. The van der Waals surface area contributed by atoms with E-state index in [1.54, 1.807) is 6.07 Å². The molecule has 3 nitrogen and oxygen atoms in total. The largest absolute Gasteiger partial charge is 0.493 e. The highest BCUT2D eigenvalue weighted by atomic mass is 16.5. The van der Waals surface area contributed by atoms with Crippen LogP contribution in [0.15, 0.2) is 24.3 Å². The van der Waals surface area contributed by atoms with Crippen molar-refractivity contribution in [2.75, 3.05) is 13.2 Å². The number of rotatable bonds is 7. The SMILES string of the molecule is CCCCOc1cccc(OCC(C)=O)c1. The highest BCUT2D eigenvalue weighted by molar-refractivity contribution is 5.77. The number of benzene rings is 1. The molecule has 0 atom stereocenters. The van der Waals surface area contributed by atoms with Crippen LogP contribution in [0, 0.1) is 0 Å². The highest BCUT2D eigenvalue weighted by Gasteiger charge is 1.99. The Labute approximate surface area is 96.4 Å². The minimum absolute atomic E-state index is 0.0114. The summed E-state index contributed by atoms with van der Waals surface area (Å²) in [7, 11) is 0. The van der Waals surface area contributed by atoms with E-state index in [0.29, 0.717) is 12.4 Å². The molecule has 0 aromatic heterocycles. The molecule has 0 fully saturated rings. The van der Waals surface area contributed by atoms with E-state index in [1.165, 1.54) is 6.92 Å². The van der Waals surface area contributed by atoms with Crippen molar-refractivity contribution in [2.45, 2.75) is 26.7 Å². The molecule has 0 N–H and O–H groups in total. The van der Waals surface area contributed by atoms with Gasteiger partial charge in [-0.15, -0.1) is 0 Å². The molecule has 0 bridgehead atoms. The third-order valence-electron chi connectivity index (χ3n) is 2.01. The lowest BCUT2D eigenvalue weighted by molar-refractivity contribution is -0.118. The molecule has 0 spiro atoms. The van der Waals surface area contributed by atoms with Gasteiger partial charge in [0, 0.05) is 6.07 Å². The van der Waals surface area contributed by atoms with Crippen molar-refractivity contribution in [3.8, 4) is 11.5 Å². The minimum Gasteiger partial charge on any atom is -0.493 e. The van der Waals surface area contributed by atoms with Crippen LogP contribution in [0.2, 0.25) is 0 Å². The molecule has 0 aliphatic rings. The maximum absolute atomic E-state index is 10.8. The smallest absolute Gasteiger partial charge is 0.167 e. The van der Waals surface area contributed by atoms with Crippen LogP contribution in [-0.4, -0.2) is 19.0 Å². The van der Waals surface area contributed by atoms with Crippen LogP contribution >= 0.6 is 0 Å². The highest BCUT2D eigenvalue weighted by Crippen LogP contribution is 2.19. The molecular weight excluding hydrogens is 204 g/mol. The van der Waals surface area contributed by atoms with Crippen molar-refractivity contribution in [1.82, 2.24) is 0 Å². The topological polar surface area (TPSA) is 35.5 Å². The number of ketones is 1. The predicted octanol–water partition coefficient (Wildman–Crippen LogP) is 2.83. The van der Waals surface area contributed by atoms with E-state index in [2.05, 4.69) is 6.92 Å². The fourth-order valence-corrected chi connectivity index (χ4v) is 1.17. The Kier molecular flexibility index (Phi) is 5.40. The third kappa shape index (κ3) is 4.82. The molecule has 1 aromatic carbocycles. The van der Waals surface area contributed by atoms with Crippen LogP contribution in [0.5, 0.6) is 11.5 Å². The summed E-state index contributed by atoms with van der Waals surface area (Å²) in [4.78, 5) is 10.8. The van der Waals surface area contributed by atoms with Crippen LogP contribution < -0.4 is 9.47 Å². The normalized spacial score (nSPS) is 9.88. The van der Waals surface area contributed by atoms with Crippen molar-refractivity contribution in [3.05, 3.63) is 24.3 Å². The number of carbonyl (C=O) groups is 1. The molecular formula is C13H18O3. The van der Waals surface area contributed by atoms with E-state index in [4.69, 9.17) is 9.47 Å². The number of hydrogen-bond acceptors (Lipinski definition) is 3. The van der Waals surface area contributed by atoms with Gasteiger partial charge in [0.15, 0.2) is 5.78 Å². The Morgan fingerprint density at radius 2 is 1.94 bits per heavy atom. The maximum atomic E-state index is 10.8. The monoisotopic (exact) mass is 222 g/mol. The molecule has 0 saturated carbocycles. The van der Waals surface area contributed by atoms with E-state index in [9.17, 15) is 4.79 Å². The van der Waals surface area contributed by atoms with E-state index < -0.39 is 0 Å². The number of unbranched alkanes of at least 4 members (excludes halogenated alkanes) is 1. The molecule has 0 unspecified atom stereocenters. The first kappa shape index (κ1) is 12.6. The first-order valence-corrected chi connectivity index (χ1v) is 5.57. The maximum Gasteiger partial charge on any atom is 0.167 e. The molecule has 0 heterocycles. The summed E-state index contributed by atoms with van der Waals surface area (Å²) in [6.07, 6.45) is 2.15. The molecule has 1 aromatic rings. The second kappa shape index (κ2) is 6.88. The van der Waals surface area contributed by atoms with Gasteiger partial charge in [-0.25, -0.2) is 0 Å². The lowest BCUT2D eigenvalue weighted by Crippen LogP contribution is -2.06. The molecule has 0 aliphatic heterocycles. The second-order valence-corrected chi connectivity index (χ2v) is 3.67. The van der Waals surface area contributed by atoms with Gasteiger partial charge in [-0.1, -0.05) is 19.4 Å². The molecule has 16 heavy (non-hydrogen) atoms. The van der Waals surface area contributed by atoms with Gasteiger partial charge in [0.25, 0.3) is 0 Å². The lowest BCUT2D eigenvalue weighted by atomic mass is 10.3. The van der Waals surface area contributed by atoms with Crippen molar-refractivity contribution in [2.24, 2.45) is 0 Å². The predicted molar refractivity (Wildman–Crippen MR) is 63.0 cm³/mol. The second-order valence-electron chi connectivity index (χ2n) is 3.67. The molecule has 1 rings (SSSR count).